The predicted octanol–water partition coefficient (Wildman–Crippen LogP) is 2.70. The first-order valence-electron chi connectivity index (χ1n) is 11.7. The van der Waals surface area contributed by atoms with Crippen LogP contribution in [0, 0.1) is 0 Å². The maximum atomic E-state index is 13.1. The van der Waals surface area contributed by atoms with Gasteiger partial charge < -0.3 is 29.7 Å². The number of hydrogen-bond acceptors (Lipinski definition) is 7. The number of benzene rings is 2. The van der Waals surface area contributed by atoms with Gasteiger partial charge in [-0.15, -0.1) is 0 Å². The zero-order chi connectivity index (χ0) is 24.8. The van der Waals surface area contributed by atoms with Crippen molar-refractivity contribution < 1.29 is 23.8 Å². The van der Waals surface area contributed by atoms with Gasteiger partial charge in [0.15, 0.2) is 0 Å². The molecule has 2 N–H and O–H groups in total. The fourth-order valence-corrected chi connectivity index (χ4v) is 4.46. The second-order valence-corrected chi connectivity index (χ2v) is 8.39. The van der Waals surface area contributed by atoms with Crippen molar-refractivity contribution in [2.24, 2.45) is 0 Å². The minimum absolute atomic E-state index is 0.244. The third kappa shape index (κ3) is 5.68. The molecule has 0 saturated carbocycles. The smallest absolute Gasteiger partial charge is 0.338 e. The van der Waals surface area contributed by atoms with Crippen LogP contribution in [0.2, 0.25) is 0 Å². The standard InChI is InChI=1S/C26H32N4O5/c1-4-35-25(31)23-22(27-26(32)28-24(23)18-7-5-9-20(15-18)33-2)17-29-11-13-30(14-12-29)19-8-6-10-21(16-19)34-3/h5-10,15-16,24H,4,11-14,17H2,1-3H3,(H2,27,28,32)/t24-/m0/s1. The van der Waals surface area contributed by atoms with Crippen molar-refractivity contribution in [1.82, 2.24) is 15.5 Å². The Labute approximate surface area is 205 Å². The van der Waals surface area contributed by atoms with E-state index in [1.165, 1.54) is 0 Å². The van der Waals surface area contributed by atoms with Crippen LogP contribution < -0.4 is 25.0 Å². The Bertz CT molecular complexity index is 1090. The van der Waals surface area contributed by atoms with E-state index in [0.29, 0.717) is 23.6 Å². The van der Waals surface area contributed by atoms with Crippen LogP contribution in [0.15, 0.2) is 59.8 Å². The fourth-order valence-electron chi connectivity index (χ4n) is 4.46. The van der Waals surface area contributed by atoms with Crippen molar-refractivity contribution in [2.45, 2.75) is 13.0 Å². The first kappa shape index (κ1) is 24.4. The number of piperazine rings is 1. The number of methoxy groups -OCH3 is 2. The second-order valence-electron chi connectivity index (χ2n) is 8.39. The van der Waals surface area contributed by atoms with Gasteiger partial charge in [-0.3, -0.25) is 4.90 Å². The summed E-state index contributed by atoms with van der Waals surface area (Å²) in [4.78, 5) is 30.2. The Kier molecular flexibility index (Phi) is 7.77. The largest absolute Gasteiger partial charge is 0.497 e. The quantitative estimate of drug-likeness (QED) is 0.562. The summed E-state index contributed by atoms with van der Waals surface area (Å²) >= 11 is 0. The van der Waals surface area contributed by atoms with Gasteiger partial charge in [0.05, 0.1) is 32.4 Å². The minimum Gasteiger partial charge on any atom is -0.497 e. The second kappa shape index (κ2) is 11.1. The summed E-state index contributed by atoms with van der Waals surface area (Å²) in [5.41, 5.74) is 2.84. The average Bonchev–Trinajstić information content (AvgIpc) is 2.89. The summed E-state index contributed by atoms with van der Waals surface area (Å²) in [6.45, 7) is 5.65. The number of ether oxygens (including phenoxy) is 3. The molecule has 4 rings (SSSR count). The molecule has 9 heteroatoms. The van der Waals surface area contributed by atoms with Crippen LogP contribution in [0.4, 0.5) is 10.5 Å². The Morgan fingerprint density at radius 3 is 2.37 bits per heavy atom. The third-order valence-corrected chi connectivity index (χ3v) is 6.25. The summed E-state index contributed by atoms with van der Waals surface area (Å²) < 4.78 is 16.1. The van der Waals surface area contributed by atoms with Gasteiger partial charge in [0.1, 0.15) is 11.5 Å². The number of nitrogens with zero attached hydrogens (tertiary/aromatic N) is 2. The molecular formula is C26H32N4O5. The molecule has 0 spiro atoms. The molecule has 9 nitrogen and oxygen atoms in total. The highest BCUT2D eigenvalue weighted by Crippen LogP contribution is 2.30. The molecule has 0 radical (unpaired) electrons. The molecular weight excluding hydrogens is 448 g/mol. The molecule has 0 aliphatic carbocycles. The maximum Gasteiger partial charge on any atom is 0.338 e. The van der Waals surface area contributed by atoms with E-state index in [2.05, 4.69) is 26.5 Å². The molecule has 2 aliphatic heterocycles. The lowest BCUT2D eigenvalue weighted by atomic mass is 9.94. The Balaban J connectivity index is 1.55. The lowest BCUT2D eigenvalue weighted by molar-refractivity contribution is -0.139. The molecule has 0 aromatic heterocycles. The molecule has 1 saturated heterocycles. The number of urea groups is 1. The molecule has 0 bridgehead atoms. The number of carbonyl (C=O) groups is 2. The lowest BCUT2D eigenvalue weighted by Gasteiger charge is -2.38. The highest BCUT2D eigenvalue weighted by molar-refractivity contribution is 5.95. The molecule has 35 heavy (non-hydrogen) atoms. The molecule has 2 aromatic carbocycles. The van der Waals surface area contributed by atoms with Gasteiger partial charge in [-0.1, -0.05) is 18.2 Å². The van der Waals surface area contributed by atoms with Crippen LogP contribution in [0.1, 0.15) is 18.5 Å². The van der Waals surface area contributed by atoms with E-state index < -0.39 is 12.0 Å². The van der Waals surface area contributed by atoms with E-state index in [0.717, 1.165) is 43.2 Å². The summed E-state index contributed by atoms with van der Waals surface area (Å²) in [7, 11) is 3.25. The van der Waals surface area contributed by atoms with Crippen molar-refractivity contribution in [3.8, 4) is 11.5 Å². The van der Waals surface area contributed by atoms with Gasteiger partial charge in [-0.2, -0.15) is 0 Å². The van der Waals surface area contributed by atoms with Crippen LogP contribution in [-0.4, -0.2) is 70.5 Å². The van der Waals surface area contributed by atoms with Crippen LogP contribution in [0.5, 0.6) is 11.5 Å². The predicted molar refractivity (Wildman–Crippen MR) is 133 cm³/mol. The highest BCUT2D eigenvalue weighted by Gasteiger charge is 2.35. The van der Waals surface area contributed by atoms with Crippen molar-refractivity contribution in [3.63, 3.8) is 0 Å². The average molecular weight is 481 g/mol. The first-order chi connectivity index (χ1) is 17.0. The van der Waals surface area contributed by atoms with Gasteiger partial charge in [0, 0.05) is 50.2 Å². The van der Waals surface area contributed by atoms with Crippen LogP contribution in [-0.2, 0) is 9.53 Å². The van der Waals surface area contributed by atoms with Gasteiger partial charge in [0.2, 0.25) is 0 Å². The topological polar surface area (TPSA) is 92.4 Å². The summed E-state index contributed by atoms with van der Waals surface area (Å²) in [5, 5.41) is 5.74. The minimum atomic E-state index is -0.633. The highest BCUT2D eigenvalue weighted by atomic mass is 16.5. The van der Waals surface area contributed by atoms with Gasteiger partial charge in [-0.05, 0) is 36.8 Å². The monoisotopic (exact) mass is 480 g/mol. The Morgan fingerprint density at radius 2 is 1.69 bits per heavy atom. The number of hydrogen-bond donors (Lipinski definition) is 2. The number of rotatable bonds is 8. The van der Waals surface area contributed by atoms with E-state index in [9.17, 15) is 9.59 Å². The van der Waals surface area contributed by atoms with Crippen LogP contribution in [0.3, 0.4) is 0 Å². The van der Waals surface area contributed by atoms with Crippen molar-refractivity contribution in [3.05, 3.63) is 65.4 Å². The molecule has 2 aliphatic rings. The van der Waals surface area contributed by atoms with Crippen molar-refractivity contribution >= 4 is 17.7 Å². The van der Waals surface area contributed by atoms with Crippen molar-refractivity contribution in [1.29, 1.82) is 0 Å². The molecule has 186 valence electrons. The number of anilines is 1. The molecule has 2 aromatic rings. The number of esters is 1. The third-order valence-electron chi connectivity index (χ3n) is 6.25. The van der Waals surface area contributed by atoms with E-state index >= 15 is 0 Å². The van der Waals surface area contributed by atoms with Gasteiger partial charge in [0.25, 0.3) is 0 Å². The van der Waals surface area contributed by atoms with Gasteiger partial charge in [-0.25, -0.2) is 9.59 Å². The maximum absolute atomic E-state index is 13.1. The summed E-state index contributed by atoms with van der Waals surface area (Å²) in [6, 6.07) is 14.4. The molecule has 1 fully saturated rings. The van der Waals surface area contributed by atoms with Crippen molar-refractivity contribution in [2.75, 3.05) is 58.5 Å². The van der Waals surface area contributed by atoms with Gasteiger partial charge >= 0.3 is 12.0 Å². The SMILES string of the molecule is CCOC(=O)C1=C(CN2CCN(c3cccc(OC)c3)CC2)NC(=O)N[C@H]1c1cccc(OC)c1. The number of amides is 2. The zero-order valence-electron chi connectivity index (χ0n) is 20.4. The number of carbonyl (C=O) groups excluding carboxylic acids is 2. The van der Waals surface area contributed by atoms with E-state index in [1.54, 1.807) is 21.1 Å². The normalized spacial score (nSPS) is 18.5. The summed E-state index contributed by atoms with van der Waals surface area (Å²) in [6.07, 6.45) is 0. The molecule has 0 unspecified atom stereocenters. The Morgan fingerprint density at radius 1 is 1.00 bits per heavy atom. The molecule has 1 atom stereocenters. The molecule has 2 heterocycles. The van der Waals surface area contributed by atoms with E-state index in [1.807, 2.05) is 42.5 Å². The Hall–Kier alpha value is -3.72. The summed E-state index contributed by atoms with van der Waals surface area (Å²) in [5.74, 6) is 1.03. The fraction of sp³-hybridized carbons (Fsp3) is 0.385. The first-order valence-corrected chi connectivity index (χ1v) is 11.7. The van der Waals surface area contributed by atoms with E-state index in [4.69, 9.17) is 14.2 Å². The van der Waals surface area contributed by atoms with Crippen LogP contribution >= 0.6 is 0 Å². The molecule has 2 amide bonds. The zero-order valence-corrected chi connectivity index (χ0v) is 20.4. The van der Waals surface area contributed by atoms with E-state index in [-0.39, 0.29) is 12.6 Å². The number of nitrogens with one attached hydrogen (secondary N) is 2. The lowest BCUT2D eigenvalue weighted by Crippen LogP contribution is -2.51. The van der Waals surface area contributed by atoms with Crippen LogP contribution in [0.25, 0.3) is 0 Å².